The SMILES string of the molecule is COc1ccc([C@H]2C(=C(O)c3ccc(Cl)cc3)C(=O)C(=O)N2c2ccc(C)c(Br)c2)c(OC)c1. The van der Waals surface area contributed by atoms with Crippen molar-refractivity contribution in [2.45, 2.75) is 13.0 Å². The molecule has 1 amide bonds. The molecule has 0 radical (unpaired) electrons. The number of hydrogen-bond donors (Lipinski definition) is 1. The van der Waals surface area contributed by atoms with Gasteiger partial charge in [0.2, 0.25) is 0 Å². The predicted molar refractivity (Wildman–Crippen MR) is 135 cm³/mol. The molecule has 8 heteroatoms. The standard InChI is InChI=1S/C26H21BrClNO5/c1-14-4-9-17(12-20(14)27)29-23(19-11-10-18(33-2)13-21(19)34-3)22(25(31)26(29)32)24(30)15-5-7-16(28)8-6-15/h4-13,23,30H,1-3H3/t23-/m0/s1. The largest absolute Gasteiger partial charge is 0.507 e. The zero-order valence-electron chi connectivity index (χ0n) is 18.6. The number of methoxy groups -OCH3 is 2. The van der Waals surface area contributed by atoms with E-state index in [2.05, 4.69) is 15.9 Å². The van der Waals surface area contributed by atoms with Crippen LogP contribution >= 0.6 is 27.5 Å². The fourth-order valence-electron chi connectivity index (χ4n) is 3.93. The third-order valence-electron chi connectivity index (χ3n) is 5.73. The van der Waals surface area contributed by atoms with Crippen molar-refractivity contribution >= 4 is 50.7 Å². The Balaban J connectivity index is 2.00. The molecule has 0 bridgehead atoms. The maximum Gasteiger partial charge on any atom is 0.300 e. The van der Waals surface area contributed by atoms with E-state index in [0.29, 0.717) is 33.3 Å². The van der Waals surface area contributed by atoms with Crippen LogP contribution in [-0.4, -0.2) is 31.0 Å². The quantitative estimate of drug-likeness (QED) is 0.241. The summed E-state index contributed by atoms with van der Waals surface area (Å²) < 4.78 is 11.7. The topological polar surface area (TPSA) is 76.1 Å². The number of anilines is 1. The van der Waals surface area contributed by atoms with E-state index in [-0.39, 0.29) is 11.3 Å². The van der Waals surface area contributed by atoms with Gasteiger partial charge in [-0.05, 0) is 61.0 Å². The number of carbonyl (C=O) groups is 2. The molecule has 4 rings (SSSR count). The molecule has 3 aromatic carbocycles. The van der Waals surface area contributed by atoms with Crippen LogP contribution in [0.5, 0.6) is 11.5 Å². The lowest BCUT2D eigenvalue weighted by Gasteiger charge is -2.27. The second kappa shape index (κ2) is 9.52. The van der Waals surface area contributed by atoms with E-state index in [1.54, 1.807) is 54.6 Å². The van der Waals surface area contributed by atoms with Crippen molar-refractivity contribution in [2.24, 2.45) is 0 Å². The van der Waals surface area contributed by atoms with Crippen LogP contribution in [0.15, 0.2) is 70.7 Å². The molecule has 0 unspecified atom stereocenters. The molecule has 0 aliphatic carbocycles. The number of ether oxygens (including phenoxy) is 2. The minimum absolute atomic E-state index is 0.0486. The zero-order valence-corrected chi connectivity index (χ0v) is 21.0. The minimum Gasteiger partial charge on any atom is -0.507 e. The first-order valence-electron chi connectivity index (χ1n) is 10.3. The molecule has 174 valence electrons. The van der Waals surface area contributed by atoms with Gasteiger partial charge in [-0.3, -0.25) is 14.5 Å². The molecule has 1 aliphatic rings. The number of hydrogen-bond acceptors (Lipinski definition) is 5. The molecule has 1 N–H and O–H groups in total. The zero-order chi connectivity index (χ0) is 24.6. The Labute approximate surface area is 210 Å². The van der Waals surface area contributed by atoms with Crippen molar-refractivity contribution in [3.63, 3.8) is 0 Å². The highest BCUT2D eigenvalue weighted by Gasteiger charge is 2.48. The fraction of sp³-hybridized carbons (Fsp3) is 0.154. The van der Waals surface area contributed by atoms with E-state index in [1.807, 2.05) is 13.0 Å². The number of halogens is 2. The van der Waals surface area contributed by atoms with Crippen molar-refractivity contribution in [2.75, 3.05) is 19.1 Å². The van der Waals surface area contributed by atoms with Crippen molar-refractivity contribution in [1.29, 1.82) is 0 Å². The Morgan fingerprint density at radius 3 is 2.32 bits per heavy atom. The highest BCUT2D eigenvalue weighted by atomic mass is 79.9. The summed E-state index contributed by atoms with van der Waals surface area (Å²) >= 11 is 9.49. The van der Waals surface area contributed by atoms with Crippen LogP contribution < -0.4 is 14.4 Å². The number of nitrogens with zero attached hydrogens (tertiary/aromatic N) is 1. The first-order valence-corrected chi connectivity index (χ1v) is 11.5. The molecular formula is C26H21BrClNO5. The van der Waals surface area contributed by atoms with E-state index >= 15 is 0 Å². The Bertz CT molecular complexity index is 1320. The molecule has 6 nitrogen and oxygen atoms in total. The molecule has 1 saturated heterocycles. The number of benzene rings is 3. The number of rotatable bonds is 5. The summed E-state index contributed by atoms with van der Waals surface area (Å²) in [5, 5.41) is 11.7. The number of aliphatic hydroxyl groups is 1. The van der Waals surface area contributed by atoms with Crippen LogP contribution in [0.1, 0.15) is 22.7 Å². The molecule has 0 saturated carbocycles. The summed E-state index contributed by atoms with van der Waals surface area (Å²) in [7, 11) is 3.02. The smallest absolute Gasteiger partial charge is 0.300 e. The van der Waals surface area contributed by atoms with Crippen LogP contribution in [0.2, 0.25) is 5.02 Å². The molecule has 0 spiro atoms. The van der Waals surface area contributed by atoms with Gasteiger partial charge in [0.1, 0.15) is 17.3 Å². The van der Waals surface area contributed by atoms with Gasteiger partial charge in [-0.2, -0.15) is 0 Å². The molecule has 1 aliphatic heterocycles. The number of aliphatic hydroxyl groups excluding tert-OH is 1. The number of aryl methyl sites for hydroxylation is 1. The van der Waals surface area contributed by atoms with Gasteiger partial charge in [0.15, 0.2) is 0 Å². The molecule has 0 aromatic heterocycles. The summed E-state index contributed by atoms with van der Waals surface area (Å²) in [6, 6.07) is 15.9. The Morgan fingerprint density at radius 1 is 1.00 bits per heavy atom. The van der Waals surface area contributed by atoms with Crippen LogP contribution in [0, 0.1) is 6.92 Å². The number of ketones is 1. The van der Waals surface area contributed by atoms with E-state index in [4.69, 9.17) is 21.1 Å². The summed E-state index contributed by atoms with van der Waals surface area (Å²) in [6.45, 7) is 1.92. The Hall–Kier alpha value is -3.29. The van der Waals surface area contributed by atoms with Crippen molar-refractivity contribution < 1.29 is 24.2 Å². The molecule has 1 fully saturated rings. The number of Topliss-reactive ketones (excluding diaryl/α,β-unsaturated/α-hetero) is 1. The molecule has 3 aromatic rings. The lowest BCUT2D eigenvalue weighted by molar-refractivity contribution is -0.132. The fourth-order valence-corrected chi connectivity index (χ4v) is 4.42. The molecule has 1 heterocycles. The highest BCUT2D eigenvalue weighted by Crippen LogP contribution is 2.46. The van der Waals surface area contributed by atoms with Crippen LogP contribution in [0.25, 0.3) is 5.76 Å². The first kappa shape index (κ1) is 23.9. The summed E-state index contributed by atoms with van der Waals surface area (Å²) in [5.74, 6) is -0.898. The summed E-state index contributed by atoms with van der Waals surface area (Å²) in [4.78, 5) is 28.0. The Morgan fingerprint density at radius 2 is 1.71 bits per heavy atom. The van der Waals surface area contributed by atoms with Gasteiger partial charge in [0, 0.05) is 32.4 Å². The predicted octanol–water partition coefficient (Wildman–Crippen LogP) is 6.05. The average Bonchev–Trinajstić information content (AvgIpc) is 3.10. The van der Waals surface area contributed by atoms with Gasteiger partial charge in [0.05, 0.1) is 25.8 Å². The lowest BCUT2D eigenvalue weighted by Crippen LogP contribution is -2.29. The average molecular weight is 543 g/mol. The third kappa shape index (κ3) is 4.17. The summed E-state index contributed by atoms with van der Waals surface area (Å²) in [6.07, 6.45) is 0. The van der Waals surface area contributed by atoms with Gasteiger partial charge in [0.25, 0.3) is 11.7 Å². The maximum atomic E-state index is 13.3. The maximum absolute atomic E-state index is 13.3. The van der Waals surface area contributed by atoms with E-state index in [9.17, 15) is 14.7 Å². The highest BCUT2D eigenvalue weighted by molar-refractivity contribution is 9.10. The summed E-state index contributed by atoms with van der Waals surface area (Å²) in [5.41, 5.74) is 2.31. The van der Waals surface area contributed by atoms with E-state index in [1.165, 1.54) is 19.1 Å². The Kier molecular flexibility index (Phi) is 6.68. The second-order valence-corrected chi connectivity index (χ2v) is 9.01. The van der Waals surface area contributed by atoms with Gasteiger partial charge < -0.3 is 14.6 Å². The second-order valence-electron chi connectivity index (χ2n) is 7.72. The van der Waals surface area contributed by atoms with Gasteiger partial charge in [-0.25, -0.2) is 0 Å². The molecule has 1 atom stereocenters. The molecule has 34 heavy (non-hydrogen) atoms. The van der Waals surface area contributed by atoms with Crippen molar-refractivity contribution in [3.05, 3.63) is 92.4 Å². The van der Waals surface area contributed by atoms with Crippen LogP contribution in [0.4, 0.5) is 5.69 Å². The van der Waals surface area contributed by atoms with Gasteiger partial charge >= 0.3 is 0 Å². The normalized spacial score (nSPS) is 17.2. The van der Waals surface area contributed by atoms with Gasteiger partial charge in [-0.15, -0.1) is 0 Å². The third-order valence-corrected chi connectivity index (χ3v) is 6.84. The molecular weight excluding hydrogens is 522 g/mol. The van der Waals surface area contributed by atoms with Crippen LogP contribution in [-0.2, 0) is 9.59 Å². The van der Waals surface area contributed by atoms with Crippen molar-refractivity contribution in [3.8, 4) is 11.5 Å². The van der Waals surface area contributed by atoms with Crippen molar-refractivity contribution in [1.82, 2.24) is 0 Å². The number of amides is 1. The van der Waals surface area contributed by atoms with Crippen LogP contribution in [0.3, 0.4) is 0 Å². The van der Waals surface area contributed by atoms with Gasteiger partial charge in [-0.1, -0.05) is 33.6 Å². The lowest BCUT2D eigenvalue weighted by atomic mass is 9.94. The monoisotopic (exact) mass is 541 g/mol. The first-order chi connectivity index (χ1) is 16.3. The number of carbonyl (C=O) groups excluding carboxylic acids is 2. The minimum atomic E-state index is -0.939. The van der Waals surface area contributed by atoms with E-state index < -0.39 is 17.7 Å². The van der Waals surface area contributed by atoms with E-state index in [0.717, 1.165) is 10.0 Å².